The predicted octanol–water partition coefficient (Wildman–Crippen LogP) is 3.62. The molecule has 1 aromatic carbocycles. The summed E-state index contributed by atoms with van der Waals surface area (Å²) in [4.78, 5) is 24.8. The average Bonchev–Trinajstić information content (AvgIpc) is 3.18. The second-order valence-corrected chi connectivity index (χ2v) is 8.22. The number of benzene rings is 1. The second-order valence-electron chi connectivity index (χ2n) is 8.22. The van der Waals surface area contributed by atoms with E-state index in [9.17, 15) is 9.59 Å². The lowest BCUT2D eigenvalue weighted by molar-refractivity contribution is -0.125. The number of rotatable bonds is 4. The molecule has 130 valence electrons. The summed E-state index contributed by atoms with van der Waals surface area (Å²) >= 11 is 0. The maximum Gasteiger partial charge on any atom is 0.228 e. The molecule has 2 amide bonds. The molecule has 2 aliphatic carbocycles. The molecule has 1 aromatic rings. The van der Waals surface area contributed by atoms with Gasteiger partial charge in [-0.25, -0.2) is 0 Å². The van der Waals surface area contributed by atoms with Crippen LogP contribution < -0.4 is 10.6 Å². The van der Waals surface area contributed by atoms with Crippen molar-refractivity contribution in [3.63, 3.8) is 0 Å². The molecular formula is C20H28N2O2. The van der Waals surface area contributed by atoms with Crippen LogP contribution in [0, 0.1) is 11.8 Å². The van der Waals surface area contributed by atoms with Crippen LogP contribution in [-0.2, 0) is 15.0 Å². The Morgan fingerprint density at radius 2 is 1.62 bits per heavy atom. The van der Waals surface area contributed by atoms with Gasteiger partial charge in [-0.15, -0.1) is 0 Å². The molecule has 2 atom stereocenters. The summed E-state index contributed by atoms with van der Waals surface area (Å²) in [5, 5.41) is 6.14. The zero-order valence-corrected chi connectivity index (χ0v) is 14.9. The van der Waals surface area contributed by atoms with Crippen LogP contribution in [0.1, 0.15) is 58.4 Å². The van der Waals surface area contributed by atoms with E-state index < -0.39 is 0 Å². The Labute approximate surface area is 144 Å². The van der Waals surface area contributed by atoms with Crippen LogP contribution in [0.3, 0.4) is 0 Å². The summed E-state index contributed by atoms with van der Waals surface area (Å²) < 4.78 is 0. The van der Waals surface area contributed by atoms with Gasteiger partial charge in [-0.3, -0.25) is 9.59 Å². The van der Waals surface area contributed by atoms with E-state index in [1.165, 1.54) is 12.8 Å². The molecule has 4 nitrogen and oxygen atoms in total. The van der Waals surface area contributed by atoms with Crippen LogP contribution in [0.15, 0.2) is 24.3 Å². The Morgan fingerprint density at radius 1 is 1.00 bits per heavy atom. The van der Waals surface area contributed by atoms with Gasteiger partial charge in [0.15, 0.2) is 0 Å². The van der Waals surface area contributed by atoms with Crippen molar-refractivity contribution in [2.75, 3.05) is 5.32 Å². The van der Waals surface area contributed by atoms with Crippen LogP contribution in [0.25, 0.3) is 0 Å². The number of amides is 2. The number of anilines is 1. The Hall–Kier alpha value is -1.84. The van der Waals surface area contributed by atoms with Crippen molar-refractivity contribution in [2.45, 2.75) is 64.3 Å². The standard InChI is InChI=1S/C20H28N2O2/c1-20(2,3)16-10-6-7-11-17(16)22-19(24)15-12-14(15)18(23)21-13-8-4-5-9-13/h6-7,10-11,13-15H,4-5,8-9,12H2,1-3H3,(H,21,23)(H,22,24). The number of carbonyl (C=O) groups is 2. The first-order valence-corrected chi connectivity index (χ1v) is 9.07. The number of nitrogens with one attached hydrogen (secondary N) is 2. The van der Waals surface area contributed by atoms with Crippen molar-refractivity contribution in [1.29, 1.82) is 0 Å². The van der Waals surface area contributed by atoms with E-state index >= 15 is 0 Å². The molecule has 2 fully saturated rings. The summed E-state index contributed by atoms with van der Waals surface area (Å²) in [6.45, 7) is 6.40. The SMILES string of the molecule is CC(C)(C)c1ccccc1NC(=O)C1CC1C(=O)NC1CCCC1. The van der Waals surface area contributed by atoms with Gasteiger partial charge in [-0.1, -0.05) is 51.8 Å². The fourth-order valence-electron chi connectivity index (χ4n) is 3.62. The van der Waals surface area contributed by atoms with Gasteiger partial charge in [-0.05, 0) is 36.3 Å². The van der Waals surface area contributed by atoms with Gasteiger partial charge in [0.25, 0.3) is 0 Å². The van der Waals surface area contributed by atoms with Crippen molar-refractivity contribution in [3.05, 3.63) is 29.8 Å². The van der Waals surface area contributed by atoms with Crippen molar-refractivity contribution in [2.24, 2.45) is 11.8 Å². The highest BCUT2D eigenvalue weighted by atomic mass is 16.2. The molecule has 0 heterocycles. The predicted molar refractivity (Wildman–Crippen MR) is 95.8 cm³/mol. The highest BCUT2D eigenvalue weighted by Crippen LogP contribution is 2.40. The van der Waals surface area contributed by atoms with E-state index in [1.807, 2.05) is 24.3 Å². The Morgan fingerprint density at radius 3 is 2.29 bits per heavy atom. The van der Waals surface area contributed by atoms with Gasteiger partial charge < -0.3 is 10.6 Å². The third-order valence-electron chi connectivity index (χ3n) is 5.16. The second kappa shape index (κ2) is 6.58. The minimum absolute atomic E-state index is 0.0294. The zero-order valence-electron chi connectivity index (χ0n) is 14.9. The highest BCUT2D eigenvalue weighted by molar-refractivity contribution is 6.00. The first-order chi connectivity index (χ1) is 11.4. The minimum Gasteiger partial charge on any atom is -0.353 e. The van der Waals surface area contributed by atoms with E-state index in [2.05, 4.69) is 31.4 Å². The molecule has 0 aromatic heterocycles. The van der Waals surface area contributed by atoms with E-state index in [0.29, 0.717) is 12.5 Å². The van der Waals surface area contributed by atoms with Crippen LogP contribution in [0.5, 0.6) is 0 Å². The summed E-state index contributed by atoms with van der Waals surface area (Å²) in [5.41, 5.74) is 1.94. The average molecular weight is 328 g/mol. The molecule has 2 unspecified atom stereocenters. The molecule has 0 aliphatic heterocycles. The lowest BCUT2D eigenvalue weighted by Gasteiger charge is -2.23. The van der Waals surface area contributed by atoms with E-state index in [1.54, 1.807) is 0 Å². The topological polar surface area (TPSA) is 58.2 Å². The molecule has 2 N–H and O–H groups in total. The van der Waals surface area contributed by atoms with E-state index in [-0.39, 0.29) is 29.1 Å². The van der Waals surface area contributed by atoms with Crippen LogP contribution >= 0.6 is 0 Å². The van der Waals surface area contributed by atoms with E-state index in [4.69, 9.17) is 0 Å². The lowest BCUT2D eigenvalue weighted by atomic mass is 9.86. The van der Waals surface area contributed by atoms with Crippen molar-refractivity contribution >= 4 is 17.5 Å². The molecule has 4 heteroatoms. The third kappa shape index (κ3) is 3.80. The number of hydrogen-bond donors (Lipinski definition) is 2. The maximum absolute atomic E-state index is 12.5. The normalized spacial score (nSPS) is 23.8. The smallest absolute Gasteiger partial charge is 0.228 e. The van der Waals surface area contributed by atoms with Crippen molar-refractivity contribution < 1.29 is 9.59 Å². The largest absolute Gasteiger partial charge is 0.353 e. The molecule has 0 saturated heterocycles. The fraction of sp³-hybridized carbons (Fsp3) is 0.600. The molecule has 0 radical (unpaired) electrons. The number of hydrogen-bond acceptors (Lipinski definition) is 2. The van der Waals surface area contributed by atoms with Gasteiger partial charge in [-0.2, -0.15) is 0 Å². The highest BCUT2D eigenvalue weighted by Gasteiger charge is 2.48. The summed E-state index contributed by atoms with van der Waals surface area (Å²) in [5.74, 6) is -0.295. The quantitative estimate of drug-likeness (QED) is 0.887. The van der Waals surface area contributed by atoms with Gasteiger partial charge in [0.2, 0.25) is 11.8 Å². The van der Waals surface area contributed by atoms with Gasteiger partial charge in [0.1, 0.15) is 0 Å². The van der Waals surface area contributed by atoms with Crippen LogP contribution in [0.4, 0.5) is 5.69 Å². The van der Waals surface area contributed by atoms with E-state index in [0.717, 1.165) is 24.1 Å². The van der Waals surface area contributed by atoms with Crippen LogP contribution in [-0.4, -0.2) is 17.9 Å². The van der Waals surface area contributed by atoms with Crippen molar-refractivity contribution in [3.8, 4) is 0 Å². The molecule has 24 heavy (non-hydrogen) atoms. The van der Waals surface area contributed by atoms with Gasteiger partial charge in [0, 0.05) is 11.7 Å². The monoisotopic (exact) mass is 328 g/mol. The maximum atomic E-state index is 12.5. The summed E-state index contributed by atoms with van der Waals surface area (Å²) in [6, 6.07) is 8.23. The molecule has 0 spiro atoms. The number of carbonyl (C=O) groups excluding carboxylic acids is 2. The lowest BCUT2D eigenvalue weighted by Crippen LogP contribution is -2.34. The summed E-state index contributed by atoms with van der Waals surface area (Å²) in [6.07, 6.45) is 5.22. The zero-order chi connectivity index (χ0) is 17.3. The Kier molecular flexibility index (Phi) is 4.66. The molecule has 2 saturated carbocycles. The first-order valence-electron chi connectivity index (χ1n) is 9.07. The molecule has 2 aliphatic rings. The first kappa shape index (κ1) is 17.0. The third-order valence-corrected chi connectivity index (χ3v) is 5.16. The van der Waals surface area contributed by atoms with Crippen LogP contribution in [0.2, 0.25) is 0 Å². The fourth-order valence-corrected chi connectivity index (χ4v) is 3.62. The van der Waals surface area contributed by atoms with Gasteiger partial charge in [0.05, 0.1) is 11.8 Å². The Balaban J connectivity index is 1.58. The summed E-state index contributed by atoms with van der Waals surface area (Å²) in [7, 11) is 0. The van der Waals surface area contributed by atoms with Crippen molar-refractivity contribution in [1.82, 2.24) is 5.32 Å². The molecular weight excluding hydrogens is 300 g/mol. The molecule has 3 rings (SSSR count). The molecule has 0 bridgehead atoms. The number of para-hydroxylation sites is 1. The minimum atomic E-state index is -0.181. The Bertz CT molecular complexity index is 627. The van der Waals surface area contributed by atoms with Gasteiger partial charge >= 0.3 is 0 Å².